The molecule has 1 N–H and O–H groups in total. The van der Waals surface area contributed by atoms with Crippen molar-refractivity contribution in [3.8, 4) is 22.5 Å². The van der Waals surface area contributed by atoms with E-state index in [1.807, 2.05) is 4.63 Å². The van der Waals surface area contributed by atoms with Crippen LogP contribution in [0.2, 0.25) is 0 Å². The van der Waals surface area contributed by atoms with E-state index in [9.17, 15) is 0 Å². The highest BCUT2D eigenvalue weighted by Crippen LogP contribution is 2.38. The Balaban J connectivity index is 1.24. The van der Waals surface area contributed by atoms with Gasteiger partial charge in [-0.15, -0.1) is 9.78 Å². The maximum atomic E-state index is 4.81. The smallest absolute Gasteiger partial charge is 0.263 e. The number of fused-ring (bicyclic) bond motifs is 1. The topological polar surface area (TPSA) is 80.6 Å². The van der Waals surface area contributed by atoms with Gasteiger partial charge < -0.3 is 0 Å². The molecule has 0 spiro atoms. The van der Waals surface area contributed by atoms with Crippen LogP contribution in [0, 0.1) is 6.92 Å². The van der Waals surface area contributed by atoms with Crippen molar-refractivity contribution in [3.05, 3.63) is 179 Å². The van der Waals surface area contributed by atoms with Crippen molar-refractivity contribution >= 4 is 5.65 Å². The summed E-state index contributed by atoms with van der Waals surface area (Å²) in [7, 11) is 0. The number of benzene rings is 5. The summed E-state index contributed by atoms with van der Waals surface area (Å²) in [5, 5.41) is 17.4. The summed E-state index contributed by atoms with van der Waals surface area (Å²) < 4.78 is 6.34. The highest BCUT2D eigenvalue weighted by Gasteiger charge is 2.46. The maximum Gasteiger partial charge on any atom is 0.334 e. The molecule has 0 amide bonds. The number of aryl methyl sites for hydroxylation is 2. The zero-order valence-electron chi connectivity index (χ0n) is 28.5. The van der Waals surface area contributed by atoms with Crippen LogP contribution in [0.25, 0.3) is 28.2 Å². The number of nitrogens with one attached hydrogen (secondary N) is 1. The lowest BCUT2D eigenvalue weighted by molar-refractivity contribution is -0.779. The number of aromatic nitrogens is 8. The third-order valence-electron chi connectivity index (χ3n) is 9.80. The number of aromatic amines is 1. The largest absolute Gasteiger partial charge is 0.334 e. The van der Waals surface area contributed by atoms with E-state index in [0.717, 1.165) is 63.5 Å². The fourth-order valence-corrected chi connectivity index (χ4v) is 7.34. The number of hydrogen-bond donors (Lipinski definition) is 1. The molecule has 0 saturated carbocycles. The van der Waals surface area contributed by atoms with Crippen LogP contribution in [-0.4, -0.2) is 34.9 Å². The molecule has 0 fully saturated rings. The summed E-state index contributed by atoms with van der Waals surface area (Å²) >= 11 is 0. The average Bonchev–Trinajstić information content (AvgIpc) is 3.89. The zero-order valence-corrected chi connectivity index (χ0v) is 28.5. The van der Waals surface area contributed by atoms with Crippen LogP contribution in [0.1, 0.15) is 53.2 Å². The van der Waals surface area contributed by atoms with E-state index in [1.54, 1.807) is 0 Å². The van der Waals surface area contributed by atoms with Gasteiger partial charge in [0.15, 0.2) is 22.2 Å². The minimum Gasteiger partial charge on any atom is -0.263 e. The van der Waals surface area contributed by atoms with Gasteiger partial charge in [-0.3, -0.25) is 4.68 Å². The SMILES string of the molecule is CCc1nc2c(CC)c(C)n(Cc3ccc(-c4ccccc4-c4nn[nH][n+]4C(c4ccccc4)(c4ccccc4)c4ccccc4)cc3)n2n1. The zero-order chi connectivity index (χ0) is 34.1. The molecule has 0 bridgehead atoms. The molecular formula is C42H39N8+. The van der Waals surface area contributed by atoms with Crippen molar-refractivity contribution in [2.45, 2.75) is 45.7 Å². The second-order valence-corrected chi connectivity index (χ2v) is 12.6. The first kappa shape index (κ1) is 31.1. The third kappa shape index (κ3) is 5.11. The van der Waals surface area contributed by atoms with Gasteiger partial charge in [0, 0.05) is 34.4 Å². The van der Waals surface area contributed by atoms with Crippen LogP contribution in [-0.2, 0) is 24.9 Å². The predicted octanol–water partition coefficient (Wildman–Crippen LogP) is 7.59. The van der Waals surface area contributed by atoms with Gasteiger partial charge in [0.1, 0.15) is 5.10 Å². The molecule has 50 heavy (non-hydrogen) atoms. The summed E-state index contributed by atoms with van der Waals surface area (Å²) in [6.07, 6.45) is 1.73. The Morgan fingerprint density at radius 2 is 1.22 bits per heavy atom. The van der Waals surface area contributed by atoms with E-state index in [2.05, 4.69) is 180 Å². The van der Waals surface area contributed by atoms with E-state index < -0.39 is 5.54 Å². The Bertz CT molecular complexity index is 2270. The normalized spacial score (nSPS) is 11.7. The lowest BCUT2D eigenvalue weighted by atomic mass is 9.77. The second kappa shape index (κ2) is 13.0. The Morgan fingerprint density at radius 3 is 1.78 bits per heavy atom. The highest BCUT2D eigenvalue weighted by atomic mass is 15.6. The van der Waals surface area contributed by atoms with Gasteiger partial charge in [-0.25, -0.2) is 4.98 Å². The molecule has 0 unspecified atom stereocenters. The molecule has 0 aliphatic heterocycles. The van der Waals surface area contributed by atoms with E-state index in [4.69, 9.17) is 15.2 Å². The molecule has 3 heterocycles. The molecule has 8 rings (SSSR count). The van der Waals surface area contributed by atoms with Crippen LogP contribution in [0.15, 0.2) is 140 Å². The van der Waals surface area contributed by atoms with Gasteiger partial charge in [0.05, 0.1) is 12.1 Å². The number of hydrogen-bond acceptors (Lipinski definition) is 4. The van der Waals surface area contributed by atoms with Crippen LogP contribution >= 0.6 is 0 Å². The van der Waals surface area contributed by atoms with Gasteiger partial charge in [0.25, 0.3) is 0 Å². The fourth-order valence-electron chi connectivity index (χ4n) is 7.34. The molecule has 0 aliphatic carbocycles. The Labute approximate surface area is 291 Å². The average molecular weight is 656 g/mol. The lowest BCUT2D eigenvalue weighted by Gasteiger charge is -2.33. The quantitative estimate of drug-likeness (QED) is 0.122. The summed E-state index contributed by atoms with van der Waals surface area (Å²) in [5.74, 6) is 1.60. The van der Waals surface area contributed by atoms with Gasteiger partial charge in [-0.1, -0.05) is 153 Å². The fraction of sp³-hybridized carbons (Fsp3) is 0.167. The molecule has 0 atom stereocenters. The molecule has 8 nitrogen and oxygen atoms in total. The summed E-state index contributed by atoms with van der Waals surface area (Å²) in [4.78, 5) is 4.81. The standard InChI is InChI=1S/C42H38N8/c1-4-36-30(3)48(50-40(36)43-39(5-2)45-50)29-31-25-27-32(28-26-31)37-23-15-16-24-38(37)41-44-46-47-49(41)42(33-17-9-6-10-18-33,34-19-11-7-12-20-34)35-21-13-8-14-22-35/h6-28H,4-5,29H2,1-3H3/p+1. The Hall–Kier alpha value is -6.15. The lowest BCUT2D eigenvalue weighted by Crippen LogP contribution is -2.61. The summed E-state index contributed by atoms with van der Waals surface area (Å²) in [6.45, 7) is 7.15. The van der Waals surface area contributed by atoms with Crippen molar-refractivity contribution < 1.29 is 4.68 Å². The molecule has 8 aromatic rings. The number of nitrogens with zero attached hydrogens (tertiary/aromatic N) is 7. The van der Waals surface area contributed by atoms with Crippen LogP contribution in [0.4, 0.5) is 0 Å². The van der Waals surface area contributed by atoms with Crippen LogP contribution in [0.3, 0.4) is 0 Å². The van der Waals surface area contributed by atoms with Crippen molar-refractivity contribution in [2.75, 3.05) is 0 Å². The Morgan fingerprint density at radius 1 is 0.660 bits per heavy atom. The number of tetrazole rings is 1. The van der Waals surface area contributed by atoms with E-state index >= 15 is 0 Å². The third-order valence-corrected chi connectivity index (χ3v) is 9.80. The Kier molecular flexibility index (Phi) is 8.12. The molecule has 5 aromatic carbocycles. The van der Waals surface area contributed by atoms with Crippen molar-refractivity contribution in [2.24, 2.45) is 0 Å². The van der Waals surface area contributed by atoms with E-state index in [0.29, 0.717) is 6.54 Å². The molecule has 0 radical (unpaired) electrons. The molecule has 3 aromatic heterocycles. The number of rotatable bonds is 10. The highest BCUT2D eigenvalue weighted by molar-refractivity contribution is 5.79. The van der Waals surface area contributed by atoms with Gasteiger partial charge in [-0.05, 0) is 36.1 Å². The van der Waals surface area contributed by atoms with Crippen molar-refractivity contribution in [1.29, 1.82) is 0 Å². The monoisotopic (exact) mass is 655 g/mol. The minimum atomic E-state index is -0.782. The molecular weight excluding hydrogens is 617 g/mol. The molecule has 0 aliphatic rings. The molecule has 246 valence electrons. The molecule has 8 heteroatoms. The maximum absolute atomic E-state index is 4.81. The second-order valence-electron chi connectivity index (χ2n) is 12.6. The van der Waals surface area contributed by atoms with E-state index in [-0.39, 0.29) is 0 Å². The van der Waals surface area contributed by atoms with Crippen molar-refractivity contribution in [3.63, 3.8) is 0 Å². The van der Waals surface area contributed by atoms with Crippen molar-refractivity contribution in [1.82, 2.24) is 34.9 Å². The minimum absolute atomic E-state index is 0.702. The van der Waals surface area contributed by atoms with Crippen LogP contribution < -0.4 is 4.68 Å². The summed E-state index contributed by atoms with van der Waals surface area (Å²) in [5.41, 5.74) is 10.3. The van der Waals surface area contributed by atoms with Gasteiger partial charge >= 0.3 is 5.82 Å². The van der Waals surface area contributed by atoms with Crippen LogP contribution in [0.5, 0.6) is 0 Å². The first-order valence-electron chi connectivity index (χ1n) is 17.3. The molecule has 0 saturated heterocycles. The number of H-pyrrole nitrogens is 1. The van der Waals surface area contributed by atoms with Gasteiger partial charge in [0.2, 0.25) is 0 Å². The van der Waals surface area contributed by atoms with E-state index in [1.165, 1.54) is 16.8 Å². The predicted molar refractivity (Wildman–Crippen MR) is 196 cm³/mol. The first-order chi connectivity index (χ1) is 24.6. The first-order valence-corrected chi connectivity index (χ1v) is 17.3. The summed E-state index contributed by atoms with van der Waals surface area (Å²) in [6, 6.07) is 49.0. The van der Waals surface area contributed by atoms with Gasteiger partial charge in [-0.2, -0.15) is 4.63 Å².